The first kappa shape index (κ1) is 15.5. The SMILES string of the molecule is CC(C)C(CNC(=O)c1cccc(Br)c1)N1CCCC1. The minimum absolute atomic E-state index is 0.0103. The van der Waals surface area contributed by atoms with Gasteiger partial charge in [-0.1, -0.05) is 35.8 Å². The molecule has 1 aliphatic rings. The summed E-state index contributed by atoms with van der Waals surface area (Å²) in [6.07, 6.45) is 2.56. The van der Waals surface area contributed by atoms with Gasteiger partial charge in [-0.3, -0.25) is 9.69 Å². The third-order valence-electron chi connectivity index (χ3n) is 3.94. The number of carbonyl (C=O) groups is 1. The van der Waals surface area contributed by atoms with Crippen LogP contribution in [0, 0.1) is 5.92 Å². The van der Waals surface area contributed by atoms with Gasteiger partial charge in [0, 0.05) is 22.6 Å². The Balaban J connectivity index is 1.93. The molecule has 4 heteroatoms. The van der Waals surface area contributed by atoms with Gasteiger partial charge >= 0.3 is 0 Å². The monoisotopic (exact) mass is 338 g/mol. The summed E-state index contributed by atoms with van der Waals surface area (Å²) in [6.45, 7) is 7.51. The van der Waals surface area contributed by atoms with Crippen LogP contribution in [0.4, 0.5) is 0 Å². The molecule has 1 N–H and O–H groups in total. The lowest BCUT2D eigenvalue weighted by atomic mass is 10.0. The summed E-state index contributed by atoms with van der Waals surface area (Å²) < 4.78 is 0.935. The molecule has 2 rings (SSSR count). The minimum atomic E-state index is 0.0103. The van der Waals surface area contributed by atoms with Crippen LogP contribution in [-0.2, 0) is 0 Å². The first-order chi connectivity index (χ1) is 9.58. The summed E-state index contributed by atoms with van der Waals surface area (Å²) in [7, 11) is 0. The first-order valence-corrected chi connectivity index (χ1v) is 8.15. The maximum Gasteiger partial charge on any atom is 0.251 e. The molecule has 0 radical (unpaired) electrons. The molecule has 0 saturated carbocycles. The van der Waals surface area contributed by atoms with Crippen molar-refractivity contribution in [2.45, 2.75) is 32.7 Å². The average molecular weight is 339 g/mol. The highest BCUT2D eigenvalue weighted by molar-refractivity contribution is 9.10. The van der Waals surface area contributed by atoms with Crippen LogP contribution in [-0.4, -0.2) is 36.5 Å². The van der Waals surface area contributed by atoms with E-state index in [1.54, 1.807) is 0 Å². The molecule has 0 aliphatic carbocycles. The maximum atomic E-state index is 12.2. The van der Waals surface area contributed by atoms with Crippen molar-refractivity contribution in [2.75, 3.05) is 19.6 Å². The second-order valence-corrected chi connectivity index (χ2v) is 6.69. The van der Waals surface area contributed by atoms with Gasteiger partial charge in [0.25, 0.3) is 5.91 Å². The summed E-state index contributed by atoms with van der Waals surface area (Å²) in [5, 5.41) is 3.08. The van der Waals surface area contributed by atoms with Crippen LogP contribution in [0.3, 0.4) is 0 Å². The lowest BCUT2D eigenvalue weighted by Crippen LogP contribution is -2.45. The summed E-state index contributed by atoms with van der Waals surface area (Å²) in [4.78, 5) is 14.7. The van der Waals surface area contributed by atoms with E-state index in [9.17, 15) is 4.79 Å². The maximum absolute atomic E-state index is 12.2. The van der Waals surface area contributed by atoms with Crippen LogP contribution in [0.1, 0.15) is 37.0 Å². The van der Waals surface area contributed by atoms with Crippen LogP contribution in [0.15, 0.2) is 28.7 Å². The largest absolute Gasteiger partial charge is 0.350 e. The lowest BCUT2D eigenvalue weighted by molar-refractivity contribution is 0.0927. The molecular formula is C16H23BrN2O. The molecule has 1 amide bonds. The third kappa shape index (κ3) is 4.06. The van der Waals surface area contributed by atoms with E-state index in [1.807, 2.05) is 24.3 Å². The third-order valence-corrected chi connectivity index (χ3v) is 4.43. The summed E-state index contributed by atoms with van der Waals surface area (Å²) in [6, 6.07) is 7.96. The highest BCUT2D eigenvalue weighted by Crippen LogP contribution is 2.17. The van der Waals surface area contributed by atoms with Crippen LogP contribution in [0.2, 0.25) is 0 Å². The van der Waals surface area contributed by atoms with Gasteiger partial charge < -0.3 is 5.32 Å². The predicted octanol–water partition coefficient (Wildman–Crippen LogP) is 3.30. The number of rotatable bonds is 5. The van der Waals surface area contributed by atoms with E-state index in [-0.39, 0.29) is 5.91 Å². The first-order valence-electron chi connectivity index (χ1n) is 7.35. The Morgan fingerprint density at radius 3 is 2.65 bits per heavy atom. The lowest BCUT2D eigenvalue weighted by Gasteiger charge is -2.31. The fraction of sp³-hybridized carbons (Fsp3) is 0.562. The van der Waals surface area contributed by atoms with Crippen molar-refractivity contribution in [3.63, 3.8) is 0 Å². The highest BCUT2D eigenvalue weighted by Gasteiger charge is 2.24. The van der Waals surface area contributed by atoms with Crippen molar-refractivity contribution in [3.05, 3.63) is 34.3 Å². The molecule has 0 bridgehead atoms. The Bertz CT molecular complexity index is 456. The van der Waals surface area contributed by atoms with E-state index in [1.165, 1.54) is 12.8 Å². The fourth-order valence-electron chi connectivity index (χ4n) is 2.79. The summed E-state index contributed by atoms with van der Waals surface area (Å²) in [5.41, 5.74) is 0.711. The second-order valence-electron chi connectivity index (χ2n) is 5.77. The molecule has 1 aromatic rings. The van der Waals surface area contributed by atoms with E-state index in [0.29, 0.717) is 17.5 Å². The number of nitrogens with zero attached hydrogens (tertiary/aromatic N) is 1. The van der Waals surface area contributed by atoms with Gasteiger partial charge in [-0.25, -0.2) is 0 Å². The van der Waals surface area contributed by atoms with E-state index in [4.69, 9.17) is 0 Å². The van der Waals surface area contributed by atoms with Gasteiger partial charge in [-0.05, 0) is 50.0 Å². The standard InChI is InChI=1S/C16H23BrN2O/c1-12(2)15(19-8-3-4-9-19)11-18-16(20)13-6-5-7-14(17)10-13/h5-7,10,12,15H,3-4,8-9,11H2,1-2H3,(H,18,20). The van der Waals surface area contributed by atoms with Crippen LogP contribution in [0.5, 0.6) is 0 Å². The van der Waals surface area contributed by atoms with E-state index in [0.717, 1.165) is 24.1 Å². The zero-order valence-electron chi connectivity index (χ0n) is 12.2. The average Bonchev–Trinajstić information content (AvgIpc) is 2.92. The minimum Gasteiger partial charge on any atom is -0.350 e. The van der Waals surface area contributed by atoms with Gasteiger partial charge in [0.15, 0.2) is 0 Å². The second kappa shape index (κ2) is 7.23. The van der Waals surface area contributed by atoms with Gasteiger partial charge in [-0.15, -0.1) is 0 Å². The van der Waals surface area contributed by atoms with Gasteiger partial charge in [0.2, 0.25) is 0 Å². The smallest absolute Gasteiger partial charge is 0.251 e. The van der Waals surface area contributed by atoms with Gasteiger partial charge in [0.1, 0.15) is 0 Å². The molecule has 1 unspecified atom stereocenters. The number of likely N-dealkylation sites (tertiary alicyclic amines) is 1. The molecule has 110 valence electrons. The Hall–Kier alpha value is -0.870. The van der Waals surface area contributed by atoms with Gasteiger partial charge in [0.05, 0.1) is 0 Å². The number of amides is 1. The van der Waals surface area contributed by atoms with E-state index in [2.05, 4.69) is 40.0 Å². The number of carbonyl (C=O) groups excluding carboxylic acids is 1. The Morgan fingerprint density at radius 1 is 1.35 bits per heavy atom. The number of benzene rings is 1. The molecule has 1 aromatic carbocycles. The van der Waals surface area contributed by atoms with Gasteiger partial charge in [-0.2, -0.15) is 0 Å². The number of hydrogen-bond acceptors (Lipinski definition) is 2. The summed E-state index contributed by atoms with van der Waals surface area (Å²) in [5.74, 6) is 0.562. The highest BCUT2D eigenvalue weighted by atomic mass is 79.9. The van der Waals surface area contributed by atoms with Crippen molar-refractivity contribution >= 4 is 21.8 Å². The van der Waals surface area contributed by atoms with Crippen molar-refractivity contribution in [1.82, 2.24) is 10.2 Å². The van der Waals surface area contributed by atoms with Crippen molar-refractivity contribution < 1.29 is 4.79 Å². The zero-order valence-corrected chi connectivity index (χ0v) is 13.8. The zero-order chi connectivity index (χ0) is 14.5. The number of nitrogens with one attached hydrogen (secondary N) is 1. The van der Waals surface area contributed by atoms with Crippen LogP contribution in [0.25, 0.3) is 0 Å². The molecule has 0 aromatic heterocycles. The molecule has 20 heavy (non-hydrogen) atoms. The molecule has 1 saturated heterocycles. The molecule has 1 aliphatic heterocycles. The van der Waals surface area contributed by atoms with E-state index < -0.39 is 0 Å². The normalized spacial score (nSPS) is 17.4. The van der Waals surface area contributed by atoms with Crippen molar-refractivity contribution in [3.8, 4) is 0 Å². The molecule has 1 atom stereocenters. The number of hydrogen-bond donors (Lipinski definition) is 1. The van der Waals surface area contributed by atoms with Crippen LogP contribution >= 0.6 is 15.9 Å². The Morgan fingerprint density at radius 2 is 2.05 bits per heavy atom. The molecule has 1 fully saturated rings. The fourth-order valence-corrected chi connectivity index (χ4v) is 3.19. The predicted molar refractivity (Wildman–Crippen MR) is 85.9 cm³/mol. The van der Waals surface area contributed by atoms with Crippen molar-refractivity contribution in [2.24, 2.45) is 5.92 Å². The Kier molecular flexibility index (Phi) is 5.61. The number of halogens is 1. The van der Waals surface area contributed by atoms with Crippen molar-refractivity contribution in [1.29, 1.82) is 0 Å². The topological polar surface area (TPSA) is 32.3 Å². The molecule has 3 nitrogen and oxygen atoms in total. The summed E-state index contributed by atoms with van der Waals surface area (Å²) >= 11 is 3.40. The van der Waals surface area contributed by atoms with Crippen LogP contribution < -0.4 is 5.32 Å². The Labute approximate surface area is 129 Å². The van der Waals surface area contributed by atoms with E-state index >= 15 is 0 Å². The quantitative estimate of drug-likeness (QED) is 0.893. The molecule has 1 heterocycles. The molecule has 0 spiro atoms. The molecular weight excluding hydrogens is 316 g/mol.